The summed E-state index contributed by atoms with van der Waals surface area (Å²) >= 11 is 1.64. The summed E-state index contributed by atoms with van der Waals surface area (Å²) in [6.07, 6.45) is -0.266. The second-order valence-electron chi connectivity index (χ2n) is 5.27. The topological polar surface area (TPSA) is 61.9 Å². The Balaban J connectivity index is 1.71. The number of piperazine rings is 1. The number of amides is 2. The maximum Gasteiger partial charge on any atom is 0.409 e. The fourth-order valence-corrected chi connectivity index (χ4v) is 3.14. The first-order valence-corrected chi connectivity index (χ1v) is 8.45. The second kappa shape index (κ2) is 8.14. The highest BCUT2D eigenvalue weighted by Crippen LogP contribution is 2.17. The van der Waals surface area contributed by atoms with Crippen molar-refractivity contribution in [2.24, 2.45) is 0 Å². The first-order chi connectivity index (χ1) is 10.6. The maximum absolute atomic E-state index is 12.1. The third kappa shape index (κ3) is 4.71. The van der Waals surface area contributed by atoms with Gasteiger partial charge in [0.05, 0.1) is 19.2 Å². The molecule has 1 aliphatic heterocycles. The lowest BCUT2D eigenvalue weighted by atomic mass is 10.2. The average molecular weight is 325 g/mol. The minimum atomic E-state index is -0.266. The highest BCUT2D eigenvalue weighted by atomic mass is 32.1. The Bertz CT molecular complexity index is 484. The molecule has 0 spiro atoms. The predicted octanol–water partition coefficient (Wildman–Crippen LogP) is 1.70. The number of nitrogens with one attached hydrogen (secondary N) is 1. The lowest BCUT2D eigenvalue weighted by Gasteiger charge is -2.33. The fourth-order valence-electron chi connectivity index (χ4n) is 2.40. The minimum absolute atomic E-state index is 0.0190. The molecule has 0 saturated carbocycles. The Hall–Kier alpha value is -1.60. The lowest BCUT2D eigenvalue weighted by molar-refractivity contribution is -0.123. The molecule has 1 fully saturated rings. The lowest BCUT2D eigenvalue weighted by Crippen LogP contribution is -2.51. The van der Waals surface area contributed by atoms with E-state index in [4.69, 9.17) is 4.74 Å². The minimum Gasteiger partial charge on any atom is -0.450 e. The standard InChI is InChI=1S/C15H23N3O3S/c1-3-21-15(20)18-8-6-17(7-9-18)11-14(19)16-12(2)13-5-4-10-22-13/h4-5,10,12H,3,6-9,11H2,1-2H3,(H,16,19)/t12-/m1/s1. The van der Waals surface area contributed by atoms with Gasteiger partial charge in [-0.1, -0.05) is 6.07 Å². The van der Waals surface area contributed by atoms with Crippen LogP contribution in [0.1, 0.15) is 24.8 Å². The largest absolute Gasteiger partial charge is 0.450 e. The molecular formula is C15H23N3O3S. The summed E-state index contributed by atoms with van der Waals surface area (Å²) in [5, 5.41) is 5.01. The highest BCUT2D eigenvalue weighted by Gasteiger charge is 2.23. The van der Waals surface area contributed by atoms with Crippen molar-refractivity contribution in [3.8, 4) is 0 Å². The van der Waals surface area contributed by atoms with Crippen LogP contribution in [0.5, 0.6) is 0 Å². The van der Waals surface area contributed by atoms with E-state index in [0.29, 0.717) is 39.3 Å². The molecule has 2 amide bonds. The monoisotopic (exact) mass is 325 g/mol. The Morgan fingerprint density at radius 2 is 2.09 bits per heavy atom. The second-order valence-corrected chi connectivity index (χ2v) is 6.25. The van der Waals surface area contributed by atoms with E-state index in [1.54, 1.807) is 23.2 Å². The van der Waals surface area contributed by atoms with Crippen LogP contribution in [0.4, 0.5) is 4.79 Å². The van der Waals surface area contributed by atoms with Gasteiger partial charge >= 0.3 is 6.09 Å². The normalized spacial score (nSPS) is 17.1. The Labute approximate surface area is 135 Å². The molecule has 122 valence electrons. The molecule has 1 aromatic heterocycles. The zero-order valence-corrected chi connectivity index (χ0v) is 13.9. The van der Waals surface area contributed by atoms with Crippen LogP contribution in [0, 0.1) is 0 Å². The summed E-state index contributed by atoms with van der Waals surface area (Å²) in [4.78, 5) is 28.6. The molecule has 1 atom stereocenters. The summed E-state index contributed by atoms with van der Waals surface area (Å²) in [5.41, 5.74) is 0. The van der Waals surface area contributed by atoms with Gasteiger partial charge in [0, 0.05) is 31.1 Å². The van der Waals surface area contributed by atoms with Gasteiger partial charge in [-0.3, -0.25) is 9.69 Å². The van der Waals surface area contributed by atoms with E-state index in [1.165, 1.54) is 0 Å². The van der Waals surface area contributed by atoms with E-state index < -0.39 is 0 Å². The van der Waals surface area contributed by atoms with E-state index in [9.17, 15) is 9.59 Å². The van der Waals surface area contributed by atoms with Crippen molar-refractivity contribution in [2.75, 3.05) is 39.3 Å². The van der Waals surface area contributed by atoms with Crippen molar-refractivity contribution in [1.29, 1.82) is 0 Å². The highest BCUT2D eigenvalue weighted by molar-refractivity contribution is 7.10. The summed E-state index contributed by atoms with van der Waals surface area (Å²) in [7, 11) is 0. The maximum atomic E-state index is 12.1. The summed E-state index contributed by atoms with van der Waals surface area (Å²) in [5.74, 6) is 0.0190. The Kier molecular flexibility index (Phi) is 6.21. The van der Waals surface area contributed by atoms with Crippen LogP contribution in [-0.4, -0.2) is 61.1 Å². The van der Waals surface area contributed by atoms with E-state index >= 15 is 0 Å². The van der Waals surface area contributed by atoms with Gasteiger partial charge in [0.25, 0.3) is 0 Å². The van der Waals surface area contributed by atoms with Gasteiger partial charge in [-0.2, -0.15) is 0 Å². The van der Waals surface area contributed by atoms with Gasteiger partial charge < -0.3 is 15.0 Å². The number of hydrogen-bond donors (Lipinski definition) is 1. The van der Waals surface area contributed by atoms with E-state index in [-0.39, 0.29) is 18.0 Å². The van der Waals surface area contributed by atoms with Crippen molar-refractivity contribution in [2.45, 2.75) is 19.9 Å². The van der Waals surface area contributed by atoms with Crippen LogP contribution in [0.25, 0.3) is 0 Å². The SMILES string of the molecule is CCOC(=O)N1CCN(CC(=O)N[C@H](C)c2cccs2)CC1. The number of carbonyl (C=O) groups is 2. The molecule has 6 nitrogen and oxygen atoms in total. The number of rotatable bonds is 5. The first-order valence-electron chi connectivity index (χ1n) is 7.57. The third-order valence-electron chi connectivity index (χ3n) is 3.61. The molecule has 0 aromatic carbocycles. The molecule has 0 bridgehead atoms. The number of hydrogen-bond acceptors (Lipinski definition) is 5. The molecule has 1 saturated heterocycles. The number of carbonyl (C=O) groups excluding carboxylic acids is 2. The van der Waals surface area contributed by atoms with Crippen LogP contribution >= 0.6 is 11.3 Å². The van der Waals surface area contributed by atoms with E-state index in [1.807, 2.05) is 24.4 Å². The molecule has 1 N–H and O–H groups in total. The Morgan fingerprint density at radius 1 is 1.36 bits per heavy atom. The quantitative estimate of drug-likeness (QED) is 0.895. The Morgan fingerprint density at radius 3 is 2.68 bits per heavy atom. The molecule has 7 heteroatoms. The number of thiophene rings is 1. The van der Waals surface area contributed by atoms with E-state index in [0.717, 1.165) is 4.88 Å². The van der Waals surface area contributed by atoms with Crippen molar-refractivity contribution < 1.29 is 14.3 Å². The molecule has 22 heavy (non-hydrogen) atoms. The molecule has 1 aromatic rings. The molecule has 0 aliphatic carbocycles. The zero-order chi connectivity index (χ0) is 15.9. The van der Waals surface area contributed by atoms with Crippen LogP contribution in [0.15, 0.2) is 17.5 Å². The van der Waals surface area contributed by atoms with Crippen molar-refractivity contribution in [3.63, 3.8) is 0 Å². The molecule has 0 unspecified atom stereocenters. The number of ether oxygens (including phenoxy) is 1. The summed E-state index contributed by atoms with van der Waals surface area (Å²) < 4.78 is 4.98. The zero-order valence-electron chi connectivity index (χ0n) is 13.1. The van der Waals surface area contributed by atoms with Gasteiger partial charge in [0.15, 0.2) is 0 Å². The van der Waals surface area contributed by atoms with Crippen molar-refractivity contribution in [3.05, 3.63) is 22.4 Å². The first kappa shape index (κ1) is 16.8. The van der Waals surface area contributed by atoms with Gasteiger partial charge in [-0.05, 0) is 25.3 Å². The fraction of sp³-hybridized carbons (Fsp3) is 0.600. The molecule has 1 aliphatic rings. The van der Waals surface area contributed by atoms with Gasteiger partial charge in [-0.15, -0.1) is 11.3 Å². The van der Waals surface area contributed by atoms with Gasteiger partial charge in [0.2, 0.25) is 5.91 Å². The van der Waals surface area contributed by atoms with Crippen molar-refractivity contribution in [1.82, 2.24) is 15.1 Å². The van der Waals surface area contributed by atoms with Crippen LogP contribution in [0.3, 0.4) is 0 Å². The molecule has 2 heterocycles. The molecule has 2 rings (SSSR count). The number of nitrogens with zero attached hydrogens (tertiary/aromatic N) is 2. The average Bonchev–Trinajstić information content (AvgIpc) is 3.02. The van der Waals surface area contributed by atoms with Gasteiger partial charge in [0.1, 0.15) is 0 Å². The third-order valence-corrected chi connectivity index (χ3v) is 4.67. The molecular weight excluding hydrogens is 302 g/mol. The van der Waals surface area contributed by atoms with Crippen LogP contribution in [-0.2, 0) is 9.53 Å². The van der Waals surface area contributed by atoms with Crippen LogP contribution in [0.2, 0.25) is 0 Å². The van der Waals surface area contributed by atoms with Crippen LogP contribution < -0.4 is 5.32 Å². The molecule has 0 radical (unpaired) electrons. The van der Waals surface area contributed by atoms with Crippen molar-refractivity contribution >= 4 is 23.3 Å². The predicted molar refractivity (Wildman–Crippen MR) is 85.9 cm³/mol. The van der Waals surface area contributed by atoms with E-state index in [2.05, 4.69) is 10.2 Å². The summed E-state index contributed by atoms with van der Waals surface area (Å²) in [6.45, 7) is 7.14. The summed E-state index contributed by atoms with van der Waals surface area (Å²) in [6, 6.07) is 4.04. The smallest absolute Gasteiger partial charge is 0.409 e. The van der Waals surface area contributed by atoms with Gasteiger partial charge in [-0.25, -0.2) is 4.79 Å².